The molecule has 2 aromatic carbocycles. The highest BCUT2D eigenvalue weighted by atomic mass is 19.1. The normalized spacial score (nSPS) is 10.7. The van der Waals surface area contributed by atoms with Gasteiger partial charge in [0.1, 0.15) is 18.2 Å². The van der Waals surface area contributed by atoms with Crippen molar-refractivity contribution >= 4 is 16.8 Å². The quantitative estimate of drug-likeness (QED) is 0.688. The Labute approximate surface area is 152 Å². The number of aromatic nitrogens is 1. The predicted octanol–water partition coefficient (Wildman–Crippen LogP) is 3.73. The maximum Gasteiger partial charge on any atom is 0.224 e. The van der Waals surface area contributed by atoms with Gasteiger partial charge in [0.15, 0.2) is 0 Å². The van der Waals surface area contributed by atoms with Gasteiger partial charge in [-0.05, 0) is 55.3 Å². The number of fused-ring (bicyclic) bond motifs is 1. The van der Waals surface area contributed by atoms with Gasteiger partial charge in [0, 0.05) is 11.1 Å². The first kappa shape index (κ1) is 17.9. The highest BCUT2D eigenvalue weighted by Gasteiger charge is 2.12. The molecule has 1 aromatic heterocycles. The summed E-state index contributed by atoms with van der Waals surface area (Å²) >= 11 is 0. The van der Waals surface area contributed by atoms with Crippen LogP contribution in [0.15, 0.2) is 48.5 Å². The molecule has 1 N–H and O–H groups in total. The molecule has 0 bridgehead atoms. The topological polar surface area (TPSA) is 51.2 Å². The third-order valence-electron chi connectivity index (χ3n) is 4.33. The molecule has 134 valence electrons. The molecule has 0 aliphatic rings. The number of hydrogen-bond donors (Lipinski definition) is 1. The van der Waals surface area contributed by atoms with Crippen molar-refractivity contribution in [3.8, 4) is 5.75 Å². The van der Waals surface area contributed by atoms with Crippen LogP contribution in [-0.4, -0.2) is 24.0 Å². The van der Waals surface area contributed by atoms with E-state index in [1.54, 1.807) is 12.1 Å². The van der Waals surface area contributed by atoms with E-state index in [2.05, 4.69) is 10.3 Å². The summed E-state index contributed by atoms with van der Waals surface area (Å²) in [6.07, 6.45) is 0.284. The lowest BCUT2D eigenvalue weighted by Gasteiger charge is -2.13. The third kappa shape index (κ3) is 4.17. The number of halogens is 1. The Morgan fingerprint density at radius 1 is 1.12 bits per heavy atom. The van der Waals surface area contributed by atoms with Crippen molar-refractivity contribution in [2.45, 2.75) is 20.3 Å². The smallest absolute Gasteiger partial charge is 0.224 e. The van der Waals surface area contributed by atoms with Crippen LogP contribution in [0.4, 0.5) is 4.39 Å². The molecule has 1 heterocycles. The fourth-order valence-electron chi connectivity index (χ4n) is 2.94. The second-order valence-corrected chi connectivity index (χ2v) is 6.15. The number of ether oxygens (including phenoxy) is 1. The number of para-hydroxylation sites is 1. The number of hydrogen-bond acceptors (Lipinski definition) is 3. The van der Waals surface area contributed by atoms with E-state index in [0.29, 0.717) is 18.9 Å². The fourth-order valence-corrected chi connectivity index (χ4v) is 2.94. The lowest BCUT2D eigenvalue weighted by Crippen LogP contribution is -2.30. The second kappa shape index (κ2) is 7.95. The first-order chi connectivity index (χ1) is 12.5. The number of aryl methyl sites for hydroxylation is 2. The summed E-state index contributed by atoms with van der Waals surface area (Å²) in [4.78, 5) is 16.9. The zero-order chi connectivity index (χ0) is 18.5. The zero-order valence-electron chi connectivity index (χ0n) is 14.9. The molecule has 0 aliphatic heterocycles. The Hall–Kier alpha value is -2.95. The minimum absolute atomic E-state index is 0.0732. The van der Waals surface area contributed by atoms with Crippen molar-refractivity contribution < 1.29 is 13.9 Å². The molecule has 26 heavy (non-hydrogen) atoms. The van der Waals surface area contributed by atoms with Crippen molar-refractivity contribution in [2.24, 2.45) is 0 Å². The maximum atomic E-state index is 12.8. The van der Waals surface area contributed by atoms with Crippen LogP contribution in [0.5, 0.6) is 5.75 Å². The van der Waals surface area contributed by atoms with Crippen LogP contribution in [0.3, 0.4) is 0 Å². The predicted molar refractivity (Wildman–Crippen MR) is 99.8 cm³/mol. The molecular weight excluding hydrogens is 331 g/mol. The summed E-state index contributed by atoms with van der Waals surface area (Å²) in [5.74, 6) is 0.197. The summed E-state index contributed by atoms with van der Waals surface area (Å²) in [6.45, 7) is 4.66. The second-order valence-electron chi connectivity index (χ2n) is 6.15. The van der Waals surface area contributed by atoms with Gasteiger partial charge in [-0.15, -0.1) is 0 Å². The number of nitrogens with zero attached hydrogens (tertiary/aromatic N) is 1. The highest BCUT2D eigenvalue weighted by molar-refractivity contribution is 5.86. The molecular formula is C21H21FN2O2. The van der Waals surface area contributed by atoms with Crippen LogP contribution < -0.4 is 10.1 Å². The van der Waals surface area contributed by atoms with Crippen LogP contribution in [0.1, 0.15) is 16.8 Å². The molecule has 5 heteroatoms. The maximum absolute atomic E-state index is 12.8. The molecule has 0 atom stereocenters. The van der Waals surface area contributed by atoms with Gasteiger partial charge in [0.05, 0.1) is 18.5 Å². The molecule has 0 unspecified atom stereocenters. The van der Waals surface area contributed by atoms with E-state index in [9.17, 15) is 9.18 Å². The first-order valence-electron chi connectivity index (χ1n) is 8.54. The van der Waals surface area contributed by atoms with E-state index in [1.807, 2.05) is 38.1 Å². The molecule has 4 nitrogen and oxygen atoms in total. The van der Waals surface area contributed by atoms with Crippen LogP contribution >= 0.6 is 0 Å². The average molecular weight is 352 g/mol. The Bertz CT molecular complexity index is 923. The number of nitrogens with one attached hydrogen (secondary N) is 1. The lowest BCUT2D eigenvalue weighted by molar-refractivity contribution is -0.120. The van der Waals surface area contributed by atoms with Crippen LogP contribution in [0, 0.1) is 19.7 Å². The molecule has 0 aliphatic carbocycles. The number of carbonyl (C=O) groups is 1. The van der Waals surface area contributed by atoms with Crippen molar-refractivity contribution in [3.63, 3.8) is 0 Å². The van der Waals surface area contributed by atoms with Gasteiger partial charge >= 0.3 is 0 Å². The van der Waals surface area contributed by atoms with Crippen molar-refractivity contribution in [1.29, 1.82) is 0 Å². The summed E-state index contributed by atoms with van der Waals surface area (Å²) < 4.78 is 18.3. The van der Waals surface area contributed by atoms with Gasteiger partial charge in [0.25, 0.3) is 0 Å². The average Bonchev–Trinajstić information content (AvgIpc) is 2.64. The van der Waals surface area contributed by atoms with E-state index < -0.39 is 0 Å². The third-order valence-corrected chi connectivity index (χ3v) is 4.33. The largest absolute Gasteiger partial charge is 0.492 e. The van der Waals surface area contributed by atoms with Crippen LogP contribution in [0.2, 0.25) is 0 Å². The Kier molecular flexibility index (Phi) is 5.46. The molecule has 0 spiro atoms. The van der Waals surface area contributed by atoms with Gasteiger partial charge < -0.3 is 10.1 Å². The van der Waals surface area contributed by atoms with Crippen molar-refractivity contribution in [2.75, 3.05) is 13.2 Å². The van der Waals surface area contributed by atoms with Crippen molar-refractivity contribution in [1.82, 2.24) is 10.3 Å². The molecule has 1 amide bonds. The van der Waals surface area contributed by atoms with E-state index in [0.717, 1.165) is 27.7 Å². The molecule has 0 saturated carbocycles. The van der Waals surface area contributed by atoms with Gasteiger partial charge in [-0.2, -0.15) is 0 Å². The number of amides is 1. The van der Waals surface area contributed by atoms with Crippen LogP contribution in [0.25, 0.3) is 10.9 Å². The van der Waals surface area contributed by atoms with Gasteiger partial charge in [-0.1, -0.05) is 18.2 Å². The Balaban J connectivity index is 1.56. The van der Waals surface area contributed by atoms with E-state index >= 15 is 0 Å². The molecule has 3 rings (SSSR count). The van der Waals surface area contributed by atoms with E-state index in [1.165, 1.54) is 12.1 Å². The first-order valence-corrected chi connectivity index (χ1v) is 8.54. The minimum atomic E-state index is -0.305. The van der Waals surface area contributed by atoms with Crippen LogP contribution in [-0.2, 0) is 11.2 Å². The summed E-state index contributed by atoms with van der Waals surface area (Å²) in [5, 5.41) is 3.92. The zero-order valence-corrected chi connectivity index (χ0v) is 14.9. The molecule has 0 saturated heterocycles. The molecule has 3 aromatic rings. The number of benzene rings is 2. The number of pyridine rings is 1. The Morgan fingerprint density at radius 2 is 1.85 bits per heavy atom. The summed E-state index contributed by atoms with van der Waals surface area (Å²) in [5.41, 5.74) is 3.87. The summed E-state index contributed by atoms with van der Waals surface area (Å²) in [7, 11) is 0. The summed E-state index contributed by atoms with van der Waals surface area (Å²) in [6, 6.07) is 13.7. The van der Waals surface area contributed by atoms with Gasteiger partial charge in [-0.3, -0.25) is 9.78 Å². The van der Waals surface area contributed by atoms with Crippen molar-refractivity contribution in [3.05, 3.63) is 71.2 Å². The number of rotatable bonds is 6. The van der Waals surface area contributed by atoms with E-state index in [-0.39, 0.29) is 18.1 Å². The fraction of sp³-hybridized carbons (Fsp3) is 0.238. The molecule has 0 radical (unpaired) electrons. The number of carbonyl (C=O) groups excluding carboxylic acids is 1. The minimum Gasteiger partial charge on any atom is -0.492 e. The Morgan fingerprint density at radius 3 is 2.62 bits per heavy atom. The lowest BCUT2D eigenvalue weighted by atomic mass is 9.99. The molecule has 0 fully saturated rings. The van der Waals surface area contributed by atoms with Gasteiger partial charge in [0.2, 0.25) is 5.91 Å². The monoisotopic (exact) mass is 352 g/mol. The standard InChI is InChI=1S/C21H21FN2O2/c1-14-18-5-3-4-6-20(18)24-15(2)19(14)13-21(25)23-11-12-26-17-9-7-16(22)8-10-17/h3-10H,11-13H2,1-2H3,(H,23,25). The SMILES string of the molecule is Cc1nc2ccccc2c(C)c1CC(=O)NCCOc1ccc(F)cc1. The highest BCUT2D eigenvalue weighted by Crippen LogP contribution is 2.22. The van der Waals surface area contributed by atoms with E-state index in [4.69, 9.17) is 4.74 Å². The van der Waals surface area contributed by atoms with Gasteiger partial charge in [-0.25, -0.2) is 4.39 Å².